The molecule has 1 aromatic carbocycles. The van der Waals surface area contributed by atoms with Crippen LogP contribution in [0.5, 0.6) is 11.5 Å². The van der Waals surface area contributed by atoms with Gasteiger partial charge in [-0.2, -0.15) is 0 Å². The highest BCUT2D eigenvalue weighted by molar-refractivity contribution is 9.10. The van der Waals surface area contributed by atoms with Gasteiger partial charge in [0.1, 0.15) is 13.2 Å². The molecule has 0 aromatic heterocycles. The summed E-state index contributed by atoms with van der Waals surface area (Å²) < 4.78 is 12.4. The van der Waals surface area contributed by atoms with Gasteiger partial charge in [0.05, 0.1) is 4.47 Å². The maximum absolute atomic E-state index is 6.02. The molecule has 0 bridgehead atoms. The third-order valence-electron chi connectivity index (χ3n) is 4.20. The second-order valence-corrected chi connectivity index (χ2v) is 6.04. The van der Waals surface area contributed by atoms with Crippen LogP contribution in [0.3, 0.4) is 0 Å². The number of fused-ring (bicyclic) bond motifs is 1. The molecule has 1 aliphatic heterocycles. The first-order valence-corrected chi connectivity index (χ1v) is 7.26. The third-order valence-corrected chi connectivity index (χ3v) is 4.96. The Morgan fingerprint density at radius 1 is 1.33 bits per heavy atom. The van der Waals surface area contributed by atoms with Crippen molar-refractivity contribution >= 4 is 15.9 Å². The Balaban J connectivity index is 2.15. The van der Waals surface area contributed by atoms with Crippen molar-refractivity contribution in [3.05, 3.63) is 21.7 Å². The molecule has 0 spiro atoms. The van der Waals surface area contributed by atoms with Crippen molar-refractivity contribution in [3.8, 4) is 11.5 Å². The number of rotatable bonds is 2. The monoisotopic (exact) mass is 311 g/mol. The predicted octanol–water partition coefficient (Wildman–Crippen LogP) is 2.91. The van der Waals surface area contributed by atoms with E-state index in [1.165, 1.54) is 30.4 Å². The fraction of sp³-hybridized carbons (Fsp3) is 0.571. The van der Waals surface area contributed by atoms with Crippen LogP contribution in [-0.2, 0) is 5.41 Å². The zero-order chi connectivity index (χ0) is 12.8. The lowest BCUT2D eigenvalue weighted by molar-refractivity contribution is 0.168. The van der Waals surface area contributed by atoms with Crippen molar-refractivity contribution in [2.45, 2.75) is 31.6 Å². The van der Waals surface area contributed by atoms with Crippen LogP contribution in [0.25, 0.3) is 0 Å². The molecule has 98 valence electrons. The second kappa shape index (κ2) is 4.42. The molecule has 0 atom stereocenters. The number of aryl methyl sites for hydroxylation is 1. The fourth-order valence-corrected chi connectivity index (χ4v) is 4.12. The van der Waals surface area contributed by atoms with Gasteiger partial charge in [-0.15, -0.1) is 0 Å². The maximum atomic E-state index is 6.02. The van der Waals surface area contributed by atoms with Gasteiger partial charge in [-0.1, -0.05) is 6.42 Å². The highest BCUT2D eigenvalue weighted by Gasteiger charge is 2.41. The molecule has 3 rings (SSSR count). The Morgan fingerprint density at radius 2 is 2.06 bits per heavy atom. The number of halogens is 1. The van der Waals surface area contributed by atoms with Gasteiger partial charge in [-0.25, -0.2) is 0 Å². The second-order valence-electron chi connectivity index (χ2n) is 5.24. The minimum absolute atomic E-state index is 0.138. The van der Waals surface area contributed by atoms with Gasteiger partial charge in [-0.05, 0) is 52.9 Å². The molecule has 0 radical (unpaired) electrons. The molecular formula is C14H18BrNO2. The van der Waals surface area contributed by atoms with Gasteiger partial charge in [0.15, 0.2) is 11.5 Å². The molecule has 2 N–H and O–H groups in total. The first kappa shape index (κ1) is 12.3. The van der Waals surface area contributed by atoms with E-state index in [2.05, 4.69) is 28.9 Å². The zero-order valence-corrected chi connectivity index (χ0v) is 12.2. The summed E-state index contributed by atoms with van der Waals surface area (Å²) in [5, 5.41) is 0. The average molecular weight is 312 g/mol. The third kappa shape index (κ3) is 1.66. The van der Waals surface area contributed by atoms with E-state index in [-0.39, 0.29) is 5.41 Å². The summed E-state index contributed by atoms with van der Waals surface area (Å²) >= 11 is 3.71. The van der Waals surface area contributed by atoms with Crippen molar-refractivity contribution in [2.24, 2.45) is 5.73 Å². The lowest BCUT2D eigenvalue weighted by Gasteiger charge is -2.43. The van der Waals surface area contributed by atoms with Gasteiger partial charge >= 0.3 is 0 Å². The van der Waals surface area contributed by atoms with E-state index in [0.717, 1.165) is 16.0 Å². The molecule has 3 nitrogen and oxygen atoms in total. The average Bonchev–Trinajstić information content (AvgIpc) is 2.32. The van der Waals surface area contributed by atoms with E-state index in [0.29, 0.717) is 19.8 Å². The van der Waals surface area contributed by atoms with Crippen molar-refractivity contribution in [3.63, 3.8) is 0 Å². The lowest BCUT2D eigenvalue weighted by atomic mass is 9.63. The Bertz CT molecular complexity index is 478. The van der Waals surface area contributed by atoms with Gasteiger partial charge in [0.2, 0.25) is 0 Å². The summed E-state index contributed by atoms with van der Waals surface area (Å²) in [6.07, 6.45) is 3.60. The molecule has 1 aliphatic carbocycles. The smallest absolute Gasteiger partial charge is 0.175 e. The van der Waals surface area contributed by atoms with Gasteiger partial charge in [0.25, 0.3) is 0 Å². The molecule has 1 fully saturated rings. The number of hydrogen-bond acceptors (Lipinski definition) is 3. The van der Waals surface area contributed by atoms with Crippen LogP contribution in [0.1, 0.15) is 30.4 Å². The Hall–Kier alpha value is -0.740. The van der Waals surface area contributed by atoms with E-state index >= 15 is 0 Å². The summed E-state index contributed by atoms with van der Waals surface area (Å²) in [5.41, 5.74) is 8.73. The number of nitrogens with two attached hydrogens (primary N) is 1. The summed E-state index contributed by atoms with van der Waals surface area (Å²) in [5.74, 6) is 1.70. The number of benzene rings is 1. The van der Waals surface area contributed by atoms with Crippen LogP contribution in [-0.4, -0.2) is 19.8 Å². The lowest BCUT2D eigenvalue weighted by Crippen LogP contribution is -2.42. The highest BCUT2D eigenvalue weighted by atomic mass is 79.9. The molecule has 0 unspecified atom stereocenters. The maximum Gasteiger partial charge on any atom is 0.175 e. The highest BCUT2D eigenvalue weighted by Crippen LogP contribution is 2.51. The van der Waals surface area contributed by atoms with Gasteiger partial charge < -0.3 is 15.2 Å². The summed E-state index contributed by atoms with van der Waals surface area (Å²) in [6, 6.07) is 2.09. The van der Waals surface area contributed by atoms with Crippen LogP contribution in [0.4, 0.5) is 0 Å². The standard InChI is InChI=1S/C14H18BrNO2/c1-9-7-10-13(18-6-5-17-10)12(15)11(9)14(8-16)3-2-4-14/h7H,2-6,8,16H2,1H3. The number of hydrogen-bond donors (Lipinski definition) is 1. The Labute approximate surface area is 116 Å². The van der Waals surface area contributed by atoms with E-state index in [9.17, 15) is 0 Å². The molecule has 1 saturated carbocycles. The molecular weight excluding hydrogens is 294 g/mol. The van der Waals surface area contributed by atoms with E-state index in [1.54, 1.807) is 0 Å². The van der Waals surface area contributed by atoms with E-state index < -0.39 is 0 Å². The van der Waals surface area contributed by atoms with Crippen molar-refractivity contribution in [2.75, 3.05) is 19.8 Å². The minimum Gasteiger partial charge on any atom is -0.486 e. The quantitative estimate of drug-likeness (QED) is 0.913. The summed E-state index contributed by atoms with van der Waals surface area (Å²) in [6.45, 7) is 4.07. The molecule has 2 aliphatic rings. The van der Waals surface area contributed by atoms with Crippen LogP contribution in [0, 0.1) is 6.92 Å². The topological polar surface area (TPSA) is 44.5 Å². The summed E-state index contributed by atoms with van der Waals surface area (Å²) in [4.78, 5) is 0. The SMILES string of the molecule is Cc1cc2c(c(Br)c1C1(CN)CCC1)OCCO2. The summed E-state index contributed by atoms with van der Waals surface area (Å²) in [7, 11) is 0. The molecule has 1 aromatic rings. The first-order chi connectivity index (χ1) is 8.68. The molecule has 18 heavy (non-hydrogen) atoms. The van der Waals surface area contributed by atoms with Crippen LogP contribution in [0.15, 0.2) is 10.5 Å². The molecule has 0 saturated heterocycles. The predicted molar refractivity (Wildman–Crippen MR) is 74.5 cm³/mol. The largest absolute Gasteiger partial charge is 0.486 e. The molecule has 0 amide bonds. The van der Waals surface area contributed by atoms with Crippen LogP contribution in [0.2, 0.25) is 0 Å². The van der Waals surface area contributed by atoms with Crippen LogP contribution >= 0.6 is 15.9 Å². The van der Waals surface area contributed by atoms with Crippen LogP contribution < -0.4 is 15.2 Å². The normalized spacial score (nSPS) is 20.4. The molecule has 4 heteroatoms. The van der Waals surface area contributed by atoms with E-state index in [4.69, 9.17) is 15.2 Å². The van der Waals surface area contributed by atoms with E-state index in [1.807, 2.05) is 0 Å². The Kier molecular flexibility index (Phi) is 3.02. The first-order valence-electron chi connectivity index (χ1n) is 6.47. The minimum atomic E-state index is 0.138. The zero-order valence-electron chi connectivity index (χ0n) is 10.6. The van der Waals surface area contributed by atoms with Crippen molar-refractivity contribution in [1.29, 1.82) is 0 Å². The van der Waals surface area contributed by atoms with Crippen molar-refractivity contribution < 1.29 is 9.47 Å². The Morgan fingerprint density at radius 3 is 2.67 bits per heavy atom. The van der Waals surface area contributed by atoms with Gasteiger partial charge in [-0.3, -0.25) is 0 Å². The van der Waals surface area contributed by atoms with Gasteiger partial charge in [0, 0.05) is 12.0 Å². The fourth-order valence-electron chi connectivity index (χ4n) is 3.08. The van der Waals surface area contributed by atoms with Crippen molar-refractivity contribution in [1.82, 2.24) is 0 Å². The molecule has 1 heterocycles. The number of ether oxygens (including phenoxy) is 2.